The number of rotatable bonds is 8. The van der Waals surface area contributed by atoms with E-state index in [0.717, 1.165) is 37.4 Å². The minimum atomic E-state index is 0.716. The largest absolute Gasteiger partial charge is 0.357 e. The minimum Gasteiger partial charge on any atom is -0.357 e. The molecule has 4 nitrogen and oxygen atoms in total. The molecule has 4 heteroatoms. The van der Waals surface area contributed by atoms with Crippen molar-refractivity contribution in [3.05, 3.63) is 0 Å². The first-order chi connectivity index (χ1) is 10.5. The molecule has 0 aromatic rings. The average Bonchev–Trinajstić information content (AvgIpc) is 2.44. The monoisotopic (exact) mass is 310 g/mol. The Morgan fingerprint density at radius 1 is 1.18 bits per heavy atom. The van der Waals surface area contributed by atoms with Crippen molar-refractivity contribution >= 4 is 5.96 Å². The Hall–Kier alpha value is -0.770. The van der Waals surface area contributed by atoms with Crippen LogP contribution in [0.4, 0.5) is 0 Å². The maximum absolute atomic E-state index is 4.82. The summed E-state index contributed by atoms with van der Waals surface area (Å²) in [6, 6.07) is 0. The SMILES string of the molecule is CCNC(=NCC1CCCN(CC(C)C)C1)NCCC(C)C. The summed E-state index contributed by atoms with van der Waals surface area (Å²) in [5.74, 6) is 3.20. The lowest BCUT2D eigenvalue weighted by Gasteiger charge is -2.33. The highest BCUT2D eigenvalue weighted by atomic mass is 15.2. The zero-order valence-electron chi connectivity index (χ0n) is 15.5. The summed E-state index contributed by atoms with van der Waals surface area (Å²) >= 11 is 0. The van der Waals surface area contributed by atoms with E-state index in [0.29, 0.717) is 5.92 Å². The van der Waals surface area contributed by atoms with Gasteiger partial charge in [-0.05, 0) is 50.5 Å². The van der Waals surface area contributed by atoms with Crippen molar-refractivity contribution in [1.82, 2.24) is 15.5 Å². The first-order valence-electron chi connectivity index (χ1n) is 9.25. The second-order valence-corrected chi connectivity index (χ2v) is 7.49. The van der Waals surface area contributed by atoms with Crippen LogP contribution in [0.25, 0.3) is 0 Å². The normalized spacial score (nSPS) is 20.7. The molecule has 130 valence electrons. The first-order valence-corrected chi connectivity index (χ1v) is 9.25. The van der Waals surface area contributed by atoms with Crippen LogP contribution in [0.2, 0.25) is 0 Å². The number of nitrogens with one attached hydrogen (secondary N) is 2. The number of hydrogen-bond acceptors (Lipinski definition) is 2. The van der Waals surface area contributed by atoms with Gasteiger partial charge >= 0.3 is 0 Å². The highest BCUT2D eigenvalue weighted by Gasteiger charge is 2.20. The minimum absolute atomic E-state index is 0.716. The molecular weight excluding hydrogens is 272 g/mol. The van der Waals surface area contributed by atoms with Crippen molar-refractivity contribution in [1.29, 1.82) is 0 Å². The molecule has 0 saturated carbocycles. The van der Waals surface area contributed by atoms with Gasteiger partial charge in [0.2, 0.25) is 0 Å². The van der Waals surface area contributed by atoms with Crippen LogP contribution in [0.15, 0.2) is 4.99 Å². The molecule has 1 saturated heterocycles. The fourth-order valence-electron chi connectivity index (χ4n) is 3.02. The second kappa shape index (κ2) is 10.9. The van der Waals surface area contributed by atoms with Gasteiger partial charge in [0.1, 0.15) is 0 Å². The third-order valence-electron chi connectivity index (χ3n) is 4.09. The molecule has 1 fully saturated rings. The third kappa shape index (κ3) is 8.62. The highest BCUT2D eigenvalue weighted by molar-refractivity contribution is 5.79. The van der Waals surface area contributed by atoms with Crippen molar-refractivity contribution in [2.75, 3.05) is 39.3 Å². The van der Waals surface area contributed by atoms with E-state index in [1.807, 2.05) is 0 Å². The van der Waals surface area contributed by atoms with Crippen LogP contribution in [0, 0.1) is 17.8 Å². The summed E-state index contributed by atoms with van der Waals surface area (Å²) in [6.07, 6.45) is 3.84. The summed E-state index contributed by atoms with van der Waals surface area (Å²) in [6.45, 7) is 17.9. The maximum atomic E-state index is 4.82. The summed E-state index contributed by atoms with van der Waals surface area (Å²) in [5, 5.41) is 6.82. The van der Waals surface area contributed by atoms with E-state index in [1.54, 1.807) is 0 Å². The number of piperidine rings is 1. The van der Waals surface area contributed by atoms with E-state index in [4.69, 9.17) is 4.99 Å². The number of aliphatic imine (C=N–C) groups is 1. The van der Waals surface area contributed by atoms with E-state index in [9.17, 15) is 0 Å². The highest BCUT2D eigenvalue weighted by Crippen LogP contribution is 2.17. The first kappa shape index (κ1) is 19.3. The summed E-state index contributed by atoms with van der Waals surface area (Å²) < 4.78 is 0. The summed E-state index contributed by atoms with van der Waals surface area (Å²) in [4.78, 5) is 7.43. The van der Waals surface area contributed by atoms with Crippen molar-refractivity contribution in [3.63, 3.8) is 0 Å². The van der Waals surface area contributed by atoms with Gasteiger partial charge in [-0.2, -0.15) is 0 Å². The Labute approximate surface area is 138 Å². The van der Waals surface area contributed by atoms with Crippen LogP contribution in [-0.4, -0.2) is 50.1 Å². The number of hydrogen-bond donors (Lipinski definition) is 2. The zero-order valence-corrected chi connectivity index (χ0v) is 15.5. The van der Waals surface area contributed by atoms with Crippen LogP contribution in [-0.2, 0) is 0 Å². The van der Waals surface area contributed by atoms with Gasteiger partial charge in [0.25, 0.3) is 0 Å². The average molecular weight is 311 g/mol. The summed E-state index contributed by atoms with van der Waals surface area (Å²) in [7, 11) is 0. The van der Waals surface area contributed by atoms with E-state index in [1.165, 1.54) is 38.9 Å². The molecular formula is C18H38N4. The lowest BCUT2D eigenvalue weighted by Crippen LogP contribution is -2.41. The smallest absolute Gasteiger partial charge is 0.191 e. The molecule has 2 N–H and O–H groups in total. The van der Waals surface area contributed by atoms with Crippen molar-refractivity contribution in [3.8, 4) is 0 Å². The van der Waals surface area contributed by atoms with Gasteiger partial charge < -0.3 is 15.5 Å². The van der Waals surface area contributed by atoms with Gasteiger partial charge in [-0.25, -0.2) is 0 Å². The second-order valence-electron chi connectivity index (χ2n) is 7.49. The lowest BCUT2D eigenvalue weighted by molar-refractivity contribution is 0.162. The molecule has 0 amide bonds. The van der Waals surface area contributed by atoms with Crippen molar-refractivity contribution in [2.45, 2.75) is 53.9 Å². The predicted octanol–water partition coefficient (Wildman–Crippen LogP) is 2.96. The maximum Gasteiger partial charge on any atom is 0.191 e. The van der Waals surface area contributed by atoms with Crippen LogP contribution < -0.4 is 10.6 Å². The quantitative estimate of drug-likeness (QED) is 0.535. The molecule has 1 aliphatic rings. The van der Waals surface area contributed by atoms with E-state index in [2.05, 4.69) is 50.2 Å². The zero-order chi connectivity index (χ0) is 16.4. The standard InChI is InChI=1S/C18H38N4/c1-6-19-18(20-10-9-15(2)3)21-12-17-8-7-11-22(14-17)13-16(4)5/h15-17H,6-14H2,1-5H3,(H2,19,20,21). The molecule has 1 heterocycles. The van der Waals surface area contributed by atoms with E-state index >= 15 is 0 Å². The van der Waals surface area contributed by atoms with Gasteiger partial charge in [0.15, 0.2) is 5.96 Å². The van der Waals surface area contributed by atoms with Gasteiger partial charge in [0.05, 0.1) is 0 Å². The Balaban J connectivity index is 2.40. The molecule has 22 heavy (non-hydrogen) atoms. The number of guanidine groups is 1. The molecule has 0 aromatic heterocycles. The summed E-state index contributed by atoms with van der Waals surface area (Å²) in [5.41, 5.74) is 0. The topological polar surface area (TPSA) is 39.7 Å². The van der Waals surface area contributed by atoms with Gasteiger partial charge in [0, 0.05) is 32.7 Å². The van der Waals surface area contributed by atoms with Crippen LogP contribution >= 0.6 is 0 Å². The molecule has 1 atom stereocenters. The number of nitrogens with zero attached hydrogens (tertiary/aromatic N) is 2. The molecule has 0 aliphatic carbocycles. The van der Waals surface area contributed by atoms with Crippen molar-refractivity contribution < 1.29 is 0 Å². The van der Waals surface area contributed by atoms with Gasteiger partial charge in [-0.15, -0.1) is 0 Å². The van der Waals surface area contributed by atoms with E-state index < -0.39 is 0 Å². The van der Waals surface area contributed by atoms with E-state index in [-0.39, 0.29) is 0 Å². The van der Waals surface area contributed by atoms with Crippen LogP contribution in [0.5, 0.6) is 0 Å². The van der Waals surface area contributed by atoms with Crippen molar-refractivity contribution in [2.24, 2.45) is 22.7 Å². The van der Waals surface area contributed by atoms with Crippen LogP contribution in [0.1, 0.15) is 53.9 Å². The molecule has 0 bridgehead atoms. The molecule has 0 spiro atoms. The Bertz CT molecular complexity index is 312. The van der Waals surface area contributed by atoms with Gasteiger partial charge in [-0.3, -0.25) is 4.99 Å². The Kier molecular flexibility index (Phi) is 9.53. The number of likely N-dealkylation sites (tertiary alicyclic amines) is 1. The Morgan fingerprint density at radius 2 is 1.95 bits per heavy atom. The molecule has 1 rings (SSSR count). The molecule has 1 aliphatic heterocycles. The fourth-order valence-corrected chi connectivity index (χ4v) is 3.02. The Morgan fingerprint density at radius 3 is 2.59 bits per heavy atom. The molecule has 0 radical (unpaired) electrons. The molecule has 1 unspecified atom stereocenters. The fraction of sp³-hybridized carbons (Fsp3) is 0.944. The van der Waals surface area contributed by atoms with Gasteiger partial charge in [-0.1, -0.05) is 27.7 Å². The third-order valence-corrected chi connectivity index (χ3v) is 4.09. The predicted molar refractivity (Wildman–Crippen MR) is 97.4 cm³/mol. The molecule has 0 aromatic carbocycles. The van der Waals surface area contributed by atoms with Crippen LogP contribution in [0.3, 0.4) is 0 Å². The lowest BCUT2D eigenvalue weighted by atomic mass is 9.97.